The van der Waals surface area contributed by atoms with Gasteiger partial charge in [0.25, 0.3) is 0 Å². The molecule has 0 aromatic heterocycles. The van der Waals surface area contributed by atoms with Crippen molar-refractivity contribution in [2.75, 3.05) is 13.2 Å². The van der Waals surface area contributed by atoms with Crippen LogP contribution in [0.5, 0.6) is 5.75 Å². The Bertz CT molecular complexity index is 452. The normalized spacial score (nSPS) is 23.2. The second kappa shape index (κ2) is 8.16. The molecule has 3 unspecified atom stereocenters. The molecule has 3 atom stereocenters. The fourth-order valence-corrected chi connectivity index (χ4v) is 3.44. The molecule has 0 amide bonds. The molecule has 0 radical (unpaired) electrons. The Morgan fingerprint density at radius 2 is 2.19 bits per heavy atom. The molecule has 1 aromatic carbocycles. The summed E-state index contributed by atoms with van der Waals surface area (Å²) in [6.07, 6.45) is 3.99. The van der Waals surface area contributed by atoms with E-state index in [1.54, 1.807) is 0 Å². The molecule has 1 heterocycles. The van der Waals surface area contributed by atoms with Gasteiger partial charge in [-0.2, -0.15) is 0 Å². The first-order chi connectivity index (χ1) is 10.2. The average Bonchev–Trinajstić information content (AvgIpc) is 2.88. The fourth-order valence-electron chi connectivity index (χ4n) is 2.84. The SMILES string of the molecule is CCCNC(c1ccc(OCC)cc1Br)C1CCC(C)O1. The predicted molar refractivity (Wildman–Crippen MR) is 89.9 cm³/mol. The van der Waals surface area contributed by atoms with Gasteiger partial charge in [0, 0.05) is 4.47 Å². The van der Waals surface area contributed by atoms with E-state index in [1.165, 1.54) is 5.56 Å². The number of nitrogens with one attached hydrogen (secondary N) is 1. The summed E-state index contributed by atoms with van der Waals surface area (Å²) in [5.74, 6) is 0.906. The standard InChI is InChI=1S/C17H26BrNO2/c1-4-10-19-17(16-9-6-12(3)21-16)14-8-7-13(20-5-2)11-15(14)18/h7-8,11-12,16-17,19H,4-6,9-10H2,1-3H3. The van der Waals surface area contributed by atoms with Gasteiger partial charge in [0.15, 0.2) is 0 Å². The van der Waals surface area contributed by atoms with Crippen LogP contribution in [0.1, 0.15) is 51.6 Å². The fraction of sp³-hybridized carbons (Fsp3) is 0.647. The summed E-state index contributed by atoms with van der Waals surface area (Å²) in [7, 11) is 0. The molecule has 118 valence electrons. The lowest BCUT2D eigenvalue weighted by molar-refractivity contribution is 0.0314. The van der Waals surface area contributed by atoms with Crippen LogP contribution in [0.25, 0.3) is 0 Å². The maximum atomic E-state index is 6.09. The van der Waals surface area contributed by atoms with E-state index in [0.717, 1.165) is 36.0 Å². The molecular formula is C17H26BrNO2. The molecule has 1 saturated heterocycles. The maximum Gasteiger partial charge on any atom is 0.120 e. The van der Waals surface area contributed by atoms with Gasteiger partial charge in [0.2, 0.25) is 0 Å². The number of rotatable bonds is 7. The van der Waals surface area contributed by atoms with Crippen LogP contribution in [0.4, 0.5) is 0 Å². The van der Waals surface area contributed by atoms with E-state index in [4.69, 9.17) is 9.47 Å². The molecule has 0 bridgehead atoms. The zero-order valence-corrected chi connectivity index (χ0v) is 14.8. The molecule has 4 heteroatoms. The van der Waals surface area contributed by atoms with Crippen LogP contribution in [0.15, 0.2) is 22.7 Å². The largest absolute Gasteiger partial charge is 0.494 e. The summed E-state index contributed by atoms with van der Waals surface area (Å²) < 4.78 is 12.7. The van der Waals surface area contributed by atoms with Crippen LogP contribution in [0, 0.1) is 0 Å². The van der Waals surface area contributed by atoms with Crippen molar-refractivity contribution >= 4 is 15.9 Å². The minimum atomic E-state index is 0.236. The summed E-state index contributed by atoms with van der Waals surface area (Å²) in [5.41, 5.74) is 1.26. The average molecular weight is 356 g/mol. The van der Waals surface area contributed by atoms with E-state index in [9.17, 15) is 0 Å². The molecular weight excluding hydrogens is 330 g/mol. The van der Waals surface area contributed by atoms with Crippen LogP contribution in [0.3, 0.4) is 0 Å². The Hall–Kier alpha value is -0.580. The highest BCUT2D eigenvalue weighted by atomic mass is 79.9. The summed E-state index contributed by atoms with van der Waals surface area (Å²) in [6.45, 7) is 8.03. The molecule has 0 saturated carbocycles. The second-order valence-corrected chi connectivity index (χ2v) is 6.46. The molecule has 1 aromatic rings. The Morgan fingerprint density at radius 1 is 1.38 bits per heavy atom. The Balaban J connectivity index is 2.19. The van der Waals surface area contributed by atoms with Crippen molar-refractivity contribution in [3.05, 3.63) is 28.2 Å². The van der Waals surface area contributed by atoms with Crippen LogP contribution >= 0.6 is 15.9 Å². The number of ether oxygens (including phenoxy) is 2. The predicted octanol–water partition coefficient (Wildman–Crippen LogP) is 4.46. The molecule has 1 aliphatic heterocycles. The minimum Gasteiger partial charge on any atom is -0.494 e. The zero-order valence-electron chi connectivity index (χ0n) is 13.2. The Labute approximate surface area is 136 Å². The lowest BCUT2D eigenvalue weighted by Crippen LogP contribution is -2.33. The molecule has 0 aliphatic carbocycles. The van der Waals surface area contributed by atoms with E-state index in [0.29, 0.717) is 12.7 Å². The Kier molecular flexibility index (Phi) is 6.52. The molecule has 3 nitrogen and oxygen atoms in total. The van der Waals surface area contributed by atoms with Gasteiger partial charge in [0.05, 0.1) is 24.9 Å². The van der Waals surface area contributed by atoms with Crippen molar-refractivity contribution in [3.63, 3.8) is 0 Å². The quantitative estimate of drug-likeness (QED) is 0.783. The lowest BCUT2D eigenvalue weighted by atomic mass is 9.98. The monoisotopic (exact) mass is 355 g/mol. The van der Waals surface area contributed by atoms with Crippen molar-refractivity contribution in [3.8, 4) is 5.75 Å². The first kappa shape index (κ1) is 16.8. The van der Waals surface area contributed by atoms with Crippen molar-refractivity contribution < 1.29 is 9.47 Å². The highest BCUT2D eigenvalue weighted by Crippen LogP contribution is 2.35. The Morgan fingerprint density at radius 3 is 2.76 bits per heavy atom. The van der Waals surface area contributed by atoms with Crippen molar-refractivity contribution in [2.45, 2.75) is 58.3 Å². The number of hydrogen-bond donors (Lipinski definition) is 1. The van der Waals surface area contributed by atoms with Gasteiger partial charge in [0.1, 0.15) is 5.75 Å². The second-order valence-electron chi connectivity index (χ2n) is 5.61. The van der Waals surface area contributed by atoms with Crippen LogP contribution in [0.2, 0.25) is 0 Å². The topological polar surface area (TPSA) is 30.5 Å². The number of benzene rings is 1. The third kappa shape index (κ3) is 4.44. The van der Waals surface area contributed by atoms with E-state index < -0.39 is 0 Å². The number of hydrogen-bond acceptors (Lipinski definition) is 3. The van der Waals surface area contributed by atoms with Gasteiger partial charge < -0.3 is 14.8 Å². The summed E-state index contributed by atoms with van der Waals surface area (Å²) in [5, 5.41) is 3.64. The van der Waals surface area contributed by atoms with E-state index in [1.807, 2.05) is 13.0 Å². The molecule has 21 heavy (non-hydrogen) atoms. The van der Waals surface area contributed by atoms with E-state index in [-0.39, 0.29) is 12.1 Å². The molecule has 1 aliphatic rings. The van der Waals surface area contributed by atoms with E-state index >= 15 is 0 Å². The maximum absolute atomic E-state index is 6.09. The van der Waals surface area contributed by atoms with E-state index in [2.05, 4.69) is 47.2 Å². The van der Waals surface area contributed by atoms with Gasteiger partial charge in [-0.3, -0.25) is 0 Å². The van der Waals surface area contributed by atoms with Crippen LogP contribution < -0.4 is 10.1 Å². The van der Waals surface area contributed by atoms with Crippen LogP contribution in [-0.2, 0) is 4.74 Å². The summed E-state index contributed by atoms with van der Waals surface area (Å²) in [4.78, 5) is 0. The first-order valence-electron chi connectivity index (χ1n) is 7.96. The van der Waals surface area contributed by atoms with Gasteiger partial charge in [-0.05, 0) is 57.4 Å². The molecule has 2 rings (SSSR count). The van der Waals surface area contributed by atoms with Gasteiger partial charge in [-0.15, -0.1) is 0 Å². The van der Waals surface area contributed by atoms with Gasteiger partial charge >= 0.3 is 0 Å². The third-order valence-corrected chi connectivity index (χ3v) is 4.56. The zero-order chi connectivity index (χ0) is 15.2. The molecule has 0 spiro atoms. The first-order valence-corrected chi connectivity index (χ1v) is 8.76. The highest BCUT2D eigenvalue weighted by molar-refractivity contribution is 9.10. The van der Waals surface area contributed by atoms with Gasteiger partial charge in [-0.25, -0.2) is 0 Å². The van der Waals surface area contributed by atoms with Crippen molar-refractivity contribution in [2.24, 2.45) is 0 Å². The van der Waals surface area contributed by atoms with Crippen molar-refractivity contribution in [1.29, 1.82) is 0 Å². The third-order valence-electron chi connectivity index (χ3n) is 3.87. The molecule has 1 fully saturated rings. The lowest BCUT2D eigenvalue weighted by Gasteiger charge is -2.26. The van der Waals surface area contributed by atoms with Crippen LogP contribution in [-0.4, -0.2) is 25.4 Å². The number of halogens is 1. The highest BCUT2D eigenvalue weighted by Gasteiger charge is 2.31. The molecule has 1 N–H and O–H groups in total. The van der Waals surface area contributed by atoms with Crippen molar-refractivity contribution in [1.82, 2.24) is 5.32 Å². The summed E-state index contributed by atoms with van der Waals surface area (Å²) >= 11 is 3.70. The minimum absolute atomic E-state index is 0.236. The smallest absolute Gasteiger partial charge is 0.120 e. The van der Waals surface area contributed by atoms with Gasteiger partial charge in [-0.1, -0.05) is 28.9 Å². The summed E-state index contributed by atoms with van der Waals surface area (Å²) in [6, 6.07) is 6.48.